The molecule has 4 nitrogen and oxygen atoms in total. The number of rotatable bonds is 6. The van der Waals surface area contributed by atoms with Gasteiger partial charge in [0, 0.05) is 7.05 Å². The SMILES string of the molecule is CN1C[C@@H](COC(c2ccccc2)(c2ccccc2)c2ccccc2)OC1=O.S. The van der Waals surface area contributed by atoms with Crippen molar-refractivity contribution in [2.75, 3.05) is 20.2 Å². The molecule has 4 rings (SSSR count). The lowest BCUT2D eigenvalue weighted by atomic mass is 9.80. The van der Waals surface area contributed by atoms with Crippen molar-refractivity contribution in [2.24, 2.45) is 0 Å². The van der Waals surface area contributed by atoms with E-state index in [1.54, 1.807) is 11.9 Å². The fraction of sp³-hybridized carbons (Fsp3) is 0.208. The van der Waals surface area contributed by atoms with E-state index in [0.29, 0.717) is 13.2 Å². The Labute approximate surface area is 178 Å². The van der Waals surface area contributed by atoms with E-state index in [-0.39, 0.29) is 25.7 Å². The third kappa shape index (κ3) is 4.16. The Morgan fingerprint density at radius 1 is 0.862 bits per heavy atom. The smallest absolute Gasteiger partial charge is 0.410 e. The highest BCUT2D eigenvalue weighted by Gasteiger charge is 2.39. The summed E-state index contributed by atoms with van der Waals surface area (Å²) >= 11 is 0. The first kappa shape index (κ1) is 21.0. The number of hydrogen-bond acceptors (Lipinski definition) is 3. The zero-order valence-corrected chi connectivity index (χ0v) is 17.3. The largest absolute Gasteiger partial charge is 0.442 e. The number of carbonyl (C=O) groups excluding carboxylic acids is 1. The van der Waals surface area contributed by atoms with Crippen LogP contribution in [0, 0.1) is 0 Å². The number of benzene rings is 3. The van der Waals surface area contributed by atoms with Gasteiger partial charge in [-0.3, -0.25) is 0 Å². The Morgan fingerprint density at radius 2 is 1.28 bits per heavy atom. The molecule has 0 saturated carbocycles. The molecule has 0 unspecified atom stereocenters. The zero-order chi connectivity index (χ0) is 19.4. The van der Waals surface area contributed by atoms with Crippen molar-refractivity contribution in [2.45, 2.75) is 11.7 Å². The molecule has 0 aromatic heterocycles. The molecule has 1 aliphatic rings. The van der Waals surface area contributed by atoms with Crippen molar-refractivity contribution < 1.29 is 14.3 Å². The van der Waals surface area contributed by atoms with Gasteiger partial charge in [-0.2, -0.15) is 13.5 Å². The van der Waals surface area contributed by atoms with Gasteiger partial charge in [0.25, 0.3) is 0 Å². The second-order valence-electron chi connectivity index (χ2n) is 6.98. The molecule has 150 valence electrons. The van der Waals surface area contributed by atoms with Gasteiger partial charge in [-0.15, -0.1) is 0 Å². The topological polar surface area (TPSA) is 38.8 Å². The van der Waals surface area contributed by atoms with Gasteiger partial charge in [0.2, 0.25) is 0 Å². The first-order valence-electron chi connectivity index (χ1n) is 9.42. The minimum absolute atomic E-state index is 0. The highest BCUT2D eigenvalue weighted by atomic mass is 32.1. The van der Waals surface area contributed by atoms with Crippen LogP contribution in [0.25, 0.3) is 0 Å². The lowest BCUT2D eigenvalue weighted by Crippen LogP contribution is -2.36. The molecule has 1 saturated heterocycles. The van der Waals surface area contributed by atoms with E-state index >= 15 is 0 Å². The molecule has 1 atom stereocenters. The van der Waals surface area contributed by atoms with Gasteiger partial charge in [-0.25, -0.2) is 4.79 Å². The molecule has 29 heavy (non-hydrogen) atoms. The molecule has 0 spiro atoms. The van der Waals surface area contributed by atoms with Crippen LogP contribution in [-0.2, 0) is 15.1 Å². The molecular formula is C24H25NO3S. The standard InChI is InChI=1S/C24H23NO3.H2S/c1-25-17-22(28-23(25)26)18-27-24(19-11-5-2-6-12-19,20-13-7-3-8-14-20)21-15-9-4-10-16-21;/h2-16,22H,17-18H2,1H3;1H2/t22-;/m0./s1. The molecule has 1 heterocycles. The molecule has 1 aliphatic heterocycles. The molecule has 0 aliphatic carbocycles. The average Bonchev–Trinajstić information content (AvgIpc) is 3.08. The van der Waals surface area contributed by atoms with Crippen molar-refractivity contribution in [3.63, 3.8) is 0 Å². The highest BCUT2D eigenvalue weighted by molar-refractivity contribution is 7.59. The normalized spacial score (nSPS) is 16.2. The van der Waals surface area contributed by atoms with Crippen LogP contribution in [0.3, 0.4) is 0 Å². The maximum atomic E-state index is 11.8. The van der Waals surface area contributed by atoms with Crippen molar-refractivity contribution in [3.05, 3.63) is 108 Å². The quantitative estimate of drug-likeness (QED) is 0.563. The second-order valence-corrected chi connectivity index (χ2v) is 6.98. The van der Waals surface area contributed by atoms with Crippen LogP contribution in [0.4, 0.5) is 4.79 Å². The Kier molecular flexibility index (Phi) is 6.62. The molecule has 1 fully saturated rings. The van der Waals surface area contributed by atoms with Crippen molar-refractivity contribution >= 4 is 19.6 Å². The summed E-state index contributed by atoms with van der Waals surface area (Å²) in [5, 5.41) is 0. The first-order valence-corrected chi connectivity index (χ1v) is 9.42. The van der Waals surface area contributed by atoms with E-state index in [4.69, 9.17) is 9.47 Å². The monoisotopic (exact) mass is 407 g/mol. The fourth-order valence-electron chi connectivity index (χ4n) is 3.72. The maximum Gasteiger partial charge on any atom is 0.410 e. The summed E-state index contributed by atoms with van der Waals surface area (Å²) in [4.78, 5) is 13.3. The first-order chi connectivity index (χ1) is 13.7. The molecular weight excluding hydrogens is 382 g/mol. The van der Waals surface area contributed by atoms with Gasteiger partial charge < -0.3 is 14.4 Å². The van der Waals surface area contributed by atoms with Crippen molar-refractivity contribution in [1.29, 1.82) is 0 Å². The van der Waals surface area contributed by atoms with E-state index in [1.165, 1.54) is 0 Å². The summed E-state index contributed by atoms with van der Waals surface area (Å²) in [5.41, 5.74) is 2.30. The van der Waals surface area contributed by atoms with Gasteiger partial charge in [-0.05, 0) is 16.7 Å². The van der Waals surface area contributed by atoms with E-state index < -0.39 is 5.60 Å². The minimum Gasteiger partial charge on any atom is -0.442 e. The molecule has 5 heteroatoms. The third-order valence-electron chi connectivity index (χ3n) is 5.08. The number of likely N-dealkylation sites (N-methyl/N-ethyl adjacent to an activating group) is 1. The third-order valence-corrected chi connectivity index (χ3v) is 5.08. The Bertz CT molecular complexity index is 822. The van der Waals surface area contributed by atoms with Gasteiger partial charge in [-0.1, -0.05) is 91.0 Å². The number of cyclic esters (lactones) is 1. The fourth-order valence-corrected chi connectivity index (χ4v) is 3.72. The van der Waals surface area contributed by atoms with E-state index in [0.717, 1.165) is 16.7 Å². The number of carbonyl (C=O) groups is 1. The number of nitrogens with zero attached hydrogens (tertiary/aromatic N) is 1. The molecule has 3 aromatic rings. The molecule has 0 radical (unpaired) electrons. The Balaban J connectivity index is 0.00000240. The number of amides is 1. The van der Waals surface area contributed by atoms with E-state index in [1.807, 2.05) is 54.6 Å². The predicted octanol–water partition coefficient (Wildman–Crippen LogP) is 4.56. The van der Waals surface area contributed by atoms with Crippen LogP contribution in [0.2, 0.25) is 0 Å². The van der Waals surface area contributed by atoms with E-state index in [9.17, 15) is 4.79 Å². The second kappa shape index (κ2) is 9.16. The van der Waals surface area contributed by atoms with Crippen molar-refractivity contribution in [1.82, 2.24) is 4.90 Å². The molecule has 1 amide bonds. The summed E-state index contributed by atoms with van der Waals surface area (Å²) in [6.45, 7) is 0.821. The van der Waals surface area contributed by atoms with Crippen LogP contribution >= 0.6 is 13.5 Å². The van der Waals surface area contributed by atoms with Gasteiger partial charge in [0.05, 0.1) is 13.2 Å². The van der Waals surface area contributed by atoms with Gasteiger partial charge in [0.15, 0.2) is 0 Å². The summed E-state index contributed by atoms with van der Waals surface area (Å²) in [6.07, 6.45) is -0.605. The van der Waals surface area contributed by atoms with Crippen LogP contribution < -0.4 is 0 Å². The van der Waals surface area contributed by atoms with Crippen LogP contribution in [0.5, 0.6) is 0 Å². The molecule has 0 bridgehead atoms. The van der Waals surface area contributed by atoms with Gasteiger partial charge in [0.1, 0.15) is 11.7 Å². The van der Waals surface area contributed by atoms with E-state index in [2.05, 4.69) is 36.4 Å². The van der Waals surface area contributed by atoms with Crippen LogP contribution in [-0.4, -0.2) is 37.3 Å². The minimum atomic E-state index is -0.794. The zero-order valence-electron chi connectivity index (χ0n) is 16.3. The molecule has 0 N–H and O–H groups in total. The lowest BCUT2D eigenvalue weighted by molar-refractivity contribution is -0.0298. The van der Waals surface area contributed by atoms with Crippen LogP contribution in [0.1, 0.15) is 16.7 Å². The molecule has 3 aromatic carbocycles. The summed E-state index contributed by atoms with van der Waals surface area (Å²) in [7, 11) is 1.74. The summed E-state index contributed by atoms with van der Waals surface area (Å²) < 4.78 is 12.1. The number of hydrogen-bond donors (Lipinski definition) is 0. The Morgan fingerprint density at radius 3 is 1.62 bits per heavy atom. The highest BCUT2D eigenvalue weighted by Crippen LogP contribution is 2.40. The maximum absolute atomic E-state index is 11.8. The lowest BCUT2D eigenvalue weighted by Gasteiger charge is -2.36. The van der Waals surface area contributed by atoms with Gasteiger partial charge >= 0.3 is 6.09 Å². The number of ether oxygens (including phenoxy) is 2. The van der Waals surface area contributed by atoms with Crippen molar-refractivity contribution in [3.8, 4) is 0 Å². The average molecular weight is 408 g/mol. The van der Waals surface area contributed by atoms with Crippen LogP contribution in [0.15, 0.2) is 91.0 Å². The summed E-state index contributed by atoms with van der Waals surface area (Å²) in [5.74, 6) is 0. The summed E-state index contributed by atoms with van der Waals surface area (Å²) in [6, 6.07) is 30.6. The Hall–Kier alpha value is -2.76. The predicted molar refractivity (Wildman–Crippen MR) is 118 cm³/mol.